The van der Waals surface area contributed by atoms with E-state index in [1.807, 2.05) is 0 Å². The third kappa shape index (κ3) is 4.17. The van der Waals surface area contributed by atoms with Crippen molar-refractivity contribution in [2.75, 3.05) is 6.54 Å². The van der Waals surface area contributed by atoms with Crippen LogP contribution in [0, 0.1) is 0 Å². The summed E-state index contributed by atoms with van der Waals surface area (Å²) in [4.78, 5) is 48.1. The van der Waals surface area contributed by atoms with Crippen molar-refractivity contribution < 1.29 is 24.3 Å². The van der Waals surface area contributed by atoms with Gasteiger partial charge in [0.05, 0.1) is 0 Å². The summed E-state index contributed by atoms with van der Waals surface area (Å²) in [6.07, 6.45) is 3.18. The lowest BCUT2D eigenvalue weighted by atomic mass is 9.83. The Morgan fingerprint density at radius 1 is 0.786 bits per heavy atom. The van der Waals surface area contributed by atoms with Gasteiger partial charge in [-0.1, -0.05) is 37.1 Å². The molecule has 1 aliphatic carbocycles. The number of hydrogen-bond acceptors (Lipinski definition) is 4. The van der Waals surface area contributed by atoms with E-state index in [1.165, 1.54) is 12.1 Å². The van der Waals surface area contributed by atoms with E-state index in [4.69, 9.17) is 5.11 Å². The molecule has 0 fully saturated rings. The highest BCUT2D eigenvalue weighted by Gasteiger charge is 2.29. The first kappa shape index (κ1) is 19.5. The number of carbonyl (C=O) groups is 4. The molecule has 2 aromatic rings. The lowest BCUT2D eigenvalue weighted by Crippen LogP contribution is -2.26. The van der Waals surface area contributed by atoms with Crippen molar-refractivity contribution in [2.45, 2.75) is 32.1 Å². The summed E-state index contributed by atoms with van der Waals surface area (Å²) in [5, 5.41) is 11.4. The minimum absolute atomic E-state index is 0.164. The Bertz CT molecular complexity index is 948. The van der Waals surface area contributed by atoms with E-state index in [1.54, 1.807) is 30.3 Å². The van der Waals surface area contributed by atoms with Crippen LogP contribution < -0.4 is 5.32 Å². The van der Waals surface area contributed by atoms with E-state index in [-0.39, 0.29) is 29.5 Å². The van der Waals surface area contributed by atoms with Crippen molar-refractivity contribution in [3.8, 4) is 0 Å². The predicted molar refractivity (Wildman–Crippen MR) is 103 cm³/mol. The van der Waals surface area contributed by atoms with E-state index in [0.29, 0.717) is 35.2 Å². The van der Waals surface area contributed by atoms with Gasteiger partial charge in [-0.2, -0.15) is 0 Å². The minimum Gasteiger partial charge on any atom is -0.481 e. The average molecular weight is 379 g/mol. The number of nitrogens with one attached hydrogen (secondary N) is 1. The van der Waals surface area contributed by atoms with Crippen LogP contribution in [0.25, 0.3) is 0 Å². The molecule has 3 rings (SSSR count). The Morgan fingerprint density at radius 3 is 2.07 bits per heavy atom. The third-order valence-electron chi connectivity index (χ3n) is 4.79. The predicted octanol–water partition coefficient (Wildman–Crippen LogP) is 3.23. The summed E-state index contributed by atoms with van der Waals surface area (Å²) in [5.41, 5.74) is 1.66. The van der Waals surface area contributed by atoms with E-state index in [0.717, 1.165) is 19.3 Å². The first-order valence-electron chi connectivity index (χ1n) is 9.31. The van der Waals surface area contributed by atoms with Gasteiger partial charge in [0.1, 0.15) is 0 Å². The highest BCUT2D eigenvalue weighted by Crippen LogP contribution is 2.27. The van der Waals surface area contributed by atoms with Crippen molar-refractivity contribution in [1.82, 2.24) is 5.32 Å². The van der Waals surface area contributed by atoms with Gasteiger partial charge in [-0.15, -0.1) is 0 Å². The summed E-state index contributed by atoms with van der Waals surface area (Å²) >= 11 is 0. The second-order valence-corrected chi connectivity index (χ2v) is 6.78. The zero-order chi connectivity index (χ0) is 20.1. The zero-order valence-electron chi connectivity index (χ0n) is 15.4. The molecule has 1 amide bonds. The van der Waals surface area contributed by atoms with Crippen LogP contribution in [0.5, 0.6) is 0 Å². The first-order valence-corrected chi connectivity index (χ1v) is 9.31. The van der Waals surface area contributed by atoms with Crippen LogP contribution in [-0.2, 0) is 4.79 Å². The molecular weight excluding hydrogens is 358 g/mol. The van der Waals surface area contributed by atoms with Crippen LogP contribution in [-0.4, -0.2) is 35.1 Å². The van der Waals surface area contributed by atoms with Crippen LogP contribution in [0.4, 0.5) is 0 Å². The number of carboxylic acids is 1. The number of carbonyl (C=O) groups excluding carboxylic acids is 3. The summed E-state index contributed by atoms with van der Waals surface area (Å²) in [7, 11) is 0. The van der Waals surface area contributed by atoms with Crippen molar-refractivity contribution in [3.05, 3.63) is 70.3 Å². The molecule has 0 saturated heterocycles. The fourth-order valence-corrected chi connectivity index (χ4v) is 3.30. The second-order valence-electron chi connectivity index (χ2n) is 6.78. The van der Waals surface area contributed by atoms with Gasteiger partial charge >= 0.3 is 5.97 Å². The molecule has 2 aromatic carbocycles. The molecule has 0 heterocycles. The van der Waals surface area contributed by atoms with Crippen molar-refractivity contribution >= 4 is 23.4 Å². The number of aliphatic carboxylic acids is 1. The number of fused-ring (bicyclic) bond motifs is 2. The van der Waals surface area contributed by atoms with Gasteiger partial charge in [-0.25, -0.2) is 0 Å². The van der Waals surface area contributed by atoms with E-state index in [2.05, 4.69) is 5.32 Å². The zero-order valence-corrected chi connectivity index (χ0v) is 15.4. The number of ketones is 2. The van der Waals surface area contributed by atoms with Gasteiger partial charge in [0, 0.05) is 40.8 Å². The lowest BCUT2D eigenvalue weighted by molar-refractivity contribution is -0.137. The molecule has 28 heavy (non-hydrogen) atoms. The maximum Gasteiger partial charge on any atom is 0.303 e. The maximum atomic E-state index is 12.7. The first-order chi connectivity index (χ1) is 13.5. The van der Waals surface area contributed by atoms with Crippen molar-refractivity contribution in [3.63, 3.8) is 0 Å². The van der Waals surface area contributed by atoms with Gasteiger partial charge in [-0.3, -0.25) is 19.2 Å². The van der Waals surface area contributed by atoms with Gasteiger partial charge in [0.15, 0.2) is 11.6 Å². The van der Waals surface area contributed by atoms with E-state index >= 15 is 0 Å². The molecule has 6 nitrogen and oxygen atoms in total. The number of rotatable bonds is 8. The Morgan fingerprint density at radius 2 is 1.39 bits per heavy atom. The molecule has 0 spiro atoms. The number of benzene rings is 2. The Balaban J connectivity index is 1.61. The van der Waals surface area contributed by atoms with Crippen LogP contribution in [0.1, 0.15) is 74.3 Å². The molecule has 6 heteroatoms. The number of carboxylic acid groups (broad SMARTS) is 1. The summed E-state index contributed by atoms with van der Waals surface area (Å²) in [6, 6.07) is 11.3. The topological polar surface area (TPSA) is 101 Å². The molecule has 0 aliphatic heterocycles. The molecule has 0 unspecified atom stereocenters. The Labute approximate surface area is 162 Å². The summed E-state index contributed by atoms with van der Waals surface area (Å²) < 4.78 is 0. The van der Waals surface area contributed by atoms with Gasteiger partial charge in [0.25, 0.3) is 5.91 Å². The molecule has 0 radical (unpaired) electrons. The number of amides is 1. The van der Waals surface area contributed by atoms with E-state index < -0.39 is 5.97 Å². The van der Waals surface area contributed by atoms with Crippen molar-refractivity contribution in [1.29, 1.82) is 0 Å². The molecule has 0 bridgehead atoms. The molecular formula is C22H21NO5. The SMILES string of the molecule is O=C(O)CCCCCCNC(=O)c1ccc2c(c1)C(=O)c1ccccc1C2=O. The fraction of sp³-hybridized carbons (Fsp3) is 0.273. The normalized spacial score (nSPS) is 12.3. The van der Waals surface area contributed by atoms with Crippen LogP contribution in [0.2, 0.25) is 0 Å². The molecule has 0 saturated carbocycles. The van der Waals surface area contributed by atoms with Crippen LogP contribution >= 0.6 is 0 Å². The number of unbranched alkanes of at least 4 members (excludes halogenated alkanes) is 3. The monoisotopic (exact) mass is 379 g/mol. The van der Waals surface area contributed by atoms with Gasteiger partial charge < -0.3 is 10.4 Å². The number of hydrogen-bond donors (Lipinski definition) is 2. The Kier molecular flexibility index (Phi) is 5.99. The molecule has 2 N–H and O–H groups in total. The molecule has 0 aromatic heterocycles. The molecule has 144 valence electrons. The maximum absolute atomic E-state index is 12.7. The lowest BCUT2D eigenvalue weighted by Gasteiger charge is -2.17. The van der Waals surface area contributed by atoms with Gasteiger partial charge in [0.2, 0.25) is 0 Å². The van der Waals surface area contributed by atoms with E-state index in [9.17, 15) is 19.2 Å². The second kappa shape index (κ2) is 8.61. The fourth-order valence-electron chi connectivity index (χ4n) is 3.30. The smallest absolute Gasteiger partial charge is 0.303 e. The quantitative estimate of drug-likeness (QED) is 0.585. The summed E-state index contributed by atoms with van der Waals surface area (Å²) in [6.45, 7) is 0.471. The average Bonchev–Trinajstić information content (AvgIpc) is 2.70. The minimum atomic E-state index is -0.795. The Hall–Kier alpha value is -3.28. The van der Waals surface area contributed by atoms with Gasteiger partial charge in [-0.05, 0) is 31.0 Å². The third-order valence-corrected chi connectivity index (χ3v) is 4.79. The van der Waals surface area contributed by atoms with Crippen LogP contribution in [0.3, 0.4) is 0 Å². The highest BCUT2D eigenvalue weighted by molar-refractivity contribution is 6.28. The molecule has 1 aliphatic rings. The highest BCUT2D eigenvalue weighted by atomic mass is 16.4. The van der Waals surface area contributed by atoms with Crippen LogP contribution in [0.15, 0.2) is 42.5 Å². The molecule has 0 atom stereocenters. The largest absolute Gasteiger partial charge is 0.481 e. The standard InChI is InChI=1S/C22H21NO5/c24-19(25)9-3-1-2-6-12-23-22(28)14-10-11-17-18(13-14)21(27)16-8-5-4-7-15(16)20(17)26/h4-5,7-8,10-11,13H,1-3,6,9,12H2,(H,23,28)(H,24,25). The van der Waals surface area contributed by atoms with Crippen molar-refractivity contribution in [2.24, 2.45) is 0 Å². The summed E-state index contributed by atoms with van der Waals surface area (Å²) in [5.74, 6) is -1.55.